The van der Waals surface area contributed by atoms with Gasteiger partial charge in [-0.05, 0) is 37.0 Å². The number of anilines is 1. The van der Waals surface area contributed by atoms with Gasteiger partial charge in [-0.1, -0.05) is 30.3 Å². The summed E-state index contributed by atoms with van der Waals surface area (Å²) < 4.78 is 1.52. The van der Waals surface area contributed by atoms with Crippen molar-refractivity contribution in [1.82, 2.24) is 19.9 Å². The Morgan fingerprint density at radius 1 is 1.10 bits per heavy atom. The minimum atomic E-state index is -0.786. The Balaban J connectivity index is 1.43. The summed E-state index contributed by atoms with van der Waals surface area (Å²) in [5, 5.41) is 15.0. The summed E-state index contributed by atoms with van der Waals surface area (Å²) in [6.07, 6.45) is 8.88. The summed E-state index contributed by atoms with van der Waals surface area (Å²) in [5.41, 5.74) is 2.02. The van der Waals surface area contributed by atoms with Crippen LogP contribution in [0.4, 0.5) is 5.69 Å². The fourth-order valence-electron chi connectivity index (χ4n) is 2.99. The van der Waals surface area contributed by atoms with E-state index in [9.17, 15) is 14.7 Å². The molecule has 0 spiro atoms. The number of aromatic nitrogens is 3. The van der Waals surface area contributed by atoms with Crippen molar-refractivity contribution in [2.75, 3.05) is 18.5 Å². The van der Waals surface area contributed by atoms with E-state index in [1.54, 1.807) is 18.3 Å². The molecule has 0 bridgehead atoms. The maximum absolute atomic E-state index is 12.3. The second kappa shape index (κ2) is 10.9. The van der Waals surface area contributed by atoms with Crippen molar-refractivity contribution in [3.63, 3.8) is 0 Å². The normalized spacial score (nSPS) is 11.6. The maximum atomic E-state index is 12.3. The number of nitrogens with zero attached hydrogens (tertiary/aromatic N) is 3. The lowest BCUT2D eigenvalue weighted by Crippen LogP contribution is -2.28. The number of amides is 2. The number of nitrogens with one attached hydrogen (secondary N) is 2. The molecule has 0 saturated heterocycles. The number of rotatable bonds is 10. The predicted molar refractivity (Wildman–Crippen MR) is 113 cm³/mol. The van der Waals surface area contributed by atoms with Crippen LogP contribution in [-0.4, -0.2) is 44.6 Å². The van der Waals surface area contributed by atoms with Gasteiger partial charge < -0.3 is 20.3 Å². The Kier molecular flexibility index (Phi) is 7.68. The Morgan fingerprint density at radius 2 is 1.93 bits per heavy atom. The minimum absolute atomic E-state index is 0.251. The van der Waals surface area contributed by atoms with Gasteiger partial charge in [-0.25, -0.2) is 9.97 Å². The van der Waals surface area contributed by atoms with Crippen molar-refractivity contribution >= 4 is 17.5 Å². The molecule has 1 atom stereocenters. The van der Waals surface area contributed by atoms with Gasteiger partial charge in [-0.3, -0.25) is 9.59 Å². The highest BCUT2D eigenvalue weighted by Gasteiger charge is 2.19. The standard InChI is InChI=1S/C22H25N5O3/c28-15-20(27-13-12-23-16-27)22(30)26-18-9-10-19(25-14-18)21(29)24-11-5-4-8-17-6-2-1-3-7-17/h1-3,6-7,9-10,12-14,16,20,28H,4-5,8,11,15H2,(H,24,29)(H,26,30). The SMILES string of the molecule is O=C(NCCCCc1ccccc1)c1ccc(NC(=O)C(CO)n2ccnc2)cn1. The fourth-order valence-corrected chi connectivity index (χ4v) is 2.99. The van der Waals surface area contributed by atoms with E-state index in [-0.39, 0.29) is 18.2 Å². The van der Waals surface area contributed by atoms with Crippen molar-refractivity contribution in [2.45, 2.75) is 25.3 Å². The van der Waals surface area contributed by atoms with E-state index in [1.165, 1.54) is 28.9 Å². The van der Waals surface area contributed by atoms with Crippen LogP contribution in [0.1, 0.15) is 34.9 Å². The number of benzene rings is 1. The quantitative estimate of drug-likeness (QED) is 0.447. The average molecular weight is 407 g/mol. The summed E-state index contributed by atoms with van der Waals surface area (Å²) in [4.78, 5) is 32.6. The first-order valence-corrected chi connectivity index (χ1v) is 9.84. The predicted octanol–water partition coefficient (Wildman–Crippen LogP) is 2.20. The van der Waals surface area contributed by atoms with Gasteiger partial charge in [0.25, 0.3) is 5.91 Å². The third-order valence-electron chi connectivity index (χ3n) is 4.64. The molecule has 1 unspecified atom stereocenters. The van der Waals surface area contributed by atoms with Gasteiger partial charge in [0.2, 0.25) is 5.91 Å². The largest absolute Gasteiger partial charge is 0.394 e. The lowest BCUT2D eigenvalue weighted by Gasteiger charge is -2.15. The molecule has 0 aliphatic heterocycles. The van der Waals surface area contributed by atoms with E-state index >= 15 is 0 Å². The molecule has 0 radical (unpaired) electrons. The molecule has 8 nitrogen and oxygen atoms in total. The van der Waals surface area contributed by atoms with Crippen LogP contribution in [0.15, 0.2) is 67.4 Å². The number of hydrogen-bond acceptors (Lipinski definition) is 5. The lowest BCUT2D eigenvalue weighted by molar-refractivity contribution is -0.120. The Bertz CT molecular complexity index is 927. The molecule has 2 heterocycles. The molecule has 2 amide bonds. The number of aryl methyl sites for hydroxylation is 1. The Hall–Kier alpha value is -3.52. The van der Waals surface area contributed by atoms with E-state index < -0.39 is 11.9 Å². The number of aliphatic hydroxyl groups is 1. The van der Waals surface area contributed by atoms with Crippen LogP contribution in [-0.2, 0) is 11.2 Å². The molecule has 3 aromatic rings. The molecule has 2 aromatic heterocycles. The monoisotopic (exact) mass is 407 g/mol. The highest BCUT2D eigenvalue weighted by atomic mass is 16.3. The van der Waals surface area contributed by atoms with Crippen molar-refractivity contribution in [1.29, 1.82) is 0 Å². The highest BCUT2D eigenvalue weighted by molar-refractivity contribution is 5.95. The molecular formula is C22H25N5O3. The minimum Gasteiger partial charge on any atom is -0.394 e. The zero-order valence-corrected chi connectivity index (χ0v) is 16.6. The summed E-state index contributed by atoms with van der Waals surface area (Å²) >= 11 is 0. The number of carbonyl (C=O) groups excluding carboxylic acids is 2. The first-order chi connectivity index (χ1) is 14.7. The molecule has 0 saturated carbocycles. The maximum Gasteiger partial charge on any atom is 0.269 e. The molecule has 1 aromatic carbocycles. The van der Waals surface area contributed by atoms with Gasteiger partial charge in [0.05, 0.1) is 24.8 Å². The van der Waals surface area contributed by atoms with Crippen molar-refractivity contribution in [2.24, 2.45) is 0 Å². The fraction of sp³-hybridized carbons (Fsp3) is 0.273. The number of imidazole rings is 1. The van der Waals surface area contributed by atoms with Crippen LogP contribution < -0.4 is 10.6 Å². The second-order valence-electron chi connectivity index (χ2n) is 6.83. The molecule has 3 rings (SSSR count). The van der Waals surface area contributed by atoms with Gasteiger partial charge in [0.1, 0.15) is 11.7 Å². The third kappa shape index (κ3) is 5.99. The third-order valence-corrected chi connectivity index (χ3v) is 4.64. The molecule has 0 fully saturated rings. The van der Waals surface area contributed by atoms with Gasteiger partial charge in [0, 0.05) is 18.9 Å². The van der Waals surface area contributed by atoms with Gasteiger partial charge in [-0.15, -0.1) is 0 Å². The van der Waals surface area contributed by atoms with Crippen LogP contribution in [0.2, 0.25) is 0 Å². The number of pyridine rings is 1. The number of carbonyl (C=O) groups is 2. The number of unbranched alkanes of at least 4 members (excludes halogenated alkanes) is 1. The van der Waals surface area contributed by atoms with Crippen molar-refractivity contribution in [3.8, 4) is 0 Å². The van der Waals surface area contributed by atoms with Crippen LogP contribution in [0, 0.1) is 0 Å². The smallest absolute Gasteiger partial charge is 0.269 e. The molecule has 0 aliphatic carbocycles. The van der Waals surface area contributed by atoms with Gasteiger partial charge >= 0.3 is 0 Å². The summed E-state index contributed by atoms with van der Waals surface area (Å²) in [6.45, 7) is 0.218. The zero-order valence-electron chi connectivity index (χ0n) is 16.6. The Labute approximate surface area is 175 Å². The molecule has 30 heavy (non-hydrogen) atoms. The summed E-state index contributed by atoms with van der Waals surface area (Å²) in [7, 11) is 0. The lowest BCUT2D eigenvalue weighted by atomic mass is 10.1. The van der Waals surface area contributed by atoms with Gasteiger partial charge in [0.15, 0.2) is 0 Å². The highest BCUT2D eigenvalue weighted by Crippen LogP contribution is 2.12. The van der Waals surface area contributed by atoms with E-state index in [2.05, 4.69) is 32.7 Å². The summed E-state index contributed by atoms with van der Waals surface area (Å²) in [6, 6.07) is 12.6. The first-order valence-electron chi connectivity index (χ1n) is 9.84. The Morgan fingerprint density at radius 3 is 2.60 bits per heavy atom. The number of aliphatic hydroxyl groups excluding tert-OH is 1. The second-order valence-corrected chi connectivity index (χ2v) is 6.83. The van der Waals surface area contributed by atoms with Crippen LogP contribution in [0.3, 0.4) is 0 Å². The molecule has 8 heteroatoms. The van der Waals surface area contributed by atoms with E-state index in [1.807, 2.05) is 18.2 Å². The van der Waals surface area contributed by atoms with Crippen LogP contribution >= 0.6 is 0 Å². The topological polar surface area (TPSA) is 109 Å². The van der Waals surface area contributed by atoms with E-state index in [0.29, 0.717) is 12.2 Å². The van der Waals surface area contributed by atoms with Gasteiger partial charge in [-0.2, -0.15) is 0 Å². The van der Waals surface area contributed by atoms with E-state index in [4.69, 9.17) is 0 Å². The van der Waals surface area contributed by atoms with Crippen LogP contribution in [0.5, 0.6) is 0 Å². The molecule has 3 N–H and O–H groups in total. The first kappa shape index (κ1) is 21.2. The molecule has 156 valence electrons. The molecular weight excluding hydrogens is 382 g/mol. The van der Waals surface area contributed by atoms with E-state index in [0.717, 1.165) is 19.3 Å². The average Bonchev–Trinajstić information content (AvgIpc) is 3.29. The summed E-state index contributed by atoms with van der Waals surface area (Å²) in [5.74, 6) is -0.646. The van der Waals surface area contributed by atoms with Crippen LogP contribution in [0.25, 0.3) is 0 Å². The zero-order chi connectivity index (χ0) is 21.2. The number of hydrogen-bond donors (Lipinski definition) is 3. The van der Waals surface area contributed by atoms with Crippen molar-refractivity contribution in [3.05, 3.63) is 78.6 Å². The van der Waals surface area contributed by atoms with Crippen molar-refractivity contribution < 1.29 is 14.7 Å². The molecule has 0 aliphatic rings.